The van der Waals surface area contributed by atoms with Gasteiger partial charge in [0.2, 0.25) is 0 Å². The summed E-state index contributed by atoms with van der Waals surface area (Å²) in [5, 5.41) is 3.51. The molecule has 0 aromatic carbocycles. The van der Waals surface area contributed by atoms with E-state index in [9.17, 15) is 0 Å². The summed E-state index contributed by atoms with van der Waals surface area (Å²) in [7, 11) is 2.23. The summed E-state index contributed by atoms with van der Waals surface area (Å²) in [6.07, 6.45) is 1.38. The van der Waals surface area contributed by atoms with E-state index in [-0.39, 0.29) is 0 Å². The molecule has 3 atom stereocenters. The van der Waals surface area contributed by atoms with Crippen LogP contribution in [0.15, 0.2) is 0 Å². The van der Waals surface area contributed by atoms with Gasteiger partial charge in [-0.05, 0) is 20.0 Å². The Morgan fingerprint density at radius 2 is 2.40 bits per heavy atom. The summed E-state index contributed by atoms with van der Waals surface area (Å²) in [4.78, 5) is 2.46. The Morgan fingerprint density at radius 1 is 1.60 bits per heavy atom. The van der Waals surface area contributed by atoms with Crippen LogP contribution in [0.3, 0.4) is 0 Å². The van der Waals surface area contributed by atoms with Gasteiger partial charge in [-0.2, -0.15) is 0 Å². The average molecular weight is 140 g/mol. The van der Waals surface area contributed by atoms with E-state index in [1.165, 1.54) is 13.0 Å². The predicted molar refractivity (Wildman–Crippen MR) is 42.0 cm³/mol. The van der Waals surface area contributed by atoms with Gasteiger partial charge in [-0.3, -0.25) is 0 Å². The number of hydrogen-bond acceptors (Lipinski definition) is 2. The number of likely N-dealkylation sites (tertiary alicyclic amines) is 1. The van der Waals surface area contributed by atoms with Crippen LogP contribution in [0, 0.1) is 5.92 Å². The van der Waals surface area contributed by atoms with Crippen molar-refractivity contribution < 1.29 is 0 Å². The molecule has 1 saturated carbocycles. The van der Waals surface area contributed by atoms with Crippen LogP contribution in [0.5, 0.6) is 0 Å². The molecule has 0 spiro atoms. The van der Waals surface area contributed by atoms with Gasteiger partial charge in [-0.15, -0.1) is 0 Å². The molecule has 1 saturated heterocycles. The normalized spacial score (nSPS) is 45.6. The number of piperidine rings is 1. The molecule has 2 nitrogen and oxygen atoms in total. The van der Waals surface area contributed by atoms with Gasteiger partial charge in [0.25, 0.3) is 0 Å². The molecule has 1 aliphatic heterocycles. The summed E-state index contributed by atoms with van der Waals surface area (Å²) in [6, 6.07) is 1.79. The number of fused-ring (bicyclic) bond motifs is 1. The molecule has 1 heterocycles. The van der Waals surface area contributed by atoms with Crippen molar-refractivity contribution in [1.29, 1.82) is 0 Å². The fraction of sp³-hybridized carbons (Fsp3) is 1.00. The van der Waals surface area contributed by atoms with Crippen LogP contribution in [0.25, 0.3) is 0 Å². The summed E-state index contributed by atoms with van der Waals surface area (Å²) in [5.74, 6) is 0.991. The lowest BCUT2D eigenvalue weighted by Gasteiger charge is -2.59. The van der Waals surface area contributed by atoms with E-state index < -0.39 is 0 Å². The maximum atomic E-state index is 3.51. The summed E-state index contributed by atoms with van der Waals surface area (Å²) < 4.78 is 0. The standard InChI is InChI=1S/C8H16N2/c1-3-9-7-4-8-6(7)5-10(8)2/h6-9H,3-5H2,1-2H3. The number of nitrogens with zero attached hydrogens (tertiary/aromatic N) is 1. The van der Waals surface area contributed by atoms with Crippen molar-refractivity contribution >= 4 is 0 Å². The molecule has 0 amide bonds. The first kappa shape index (κ1) is 6.62. The molecule has 1 N–H and O–H groups in total. The minimum atomic E-state index is 0.853. The highest BCUT2D eigenvalue weighted by Crippen LogP contribution is 2.40. The molecule has 10 heavy (non-hydrogen) atoms. The molecule has 2 aliphatic rings. The zero-order valence-corrected chi connectivity index (χ0v) is 6.80. The van der Waals surface area contributed by atoms with Gasteiger partial charge in [-0.25, -0.2) is 0 Å². The highest BCUT2D eigenvalue weighted by molar-refractivity contribution is 5.07. The zero-order chi connectivity index (χ0) is 7.14. The Morgan fingerprint density at radius 3 is 2.80 bits per heavy atom. The van der Waals surface area contributed by atoms with Gasteiger partial charge in [0.15, 0.2) is 0 Å². The molecule has 2 rings (SSSR count). The number of rotatable bonds is 2. The van der Waals surface area contributed by atoms with Gasteiger partial charge < -0.3 is 10.2 Å². The molecule has 58 valence electrons. The Labute approximate surface area is 62.6 Å². The third-order valence-corrected chi connectivity index (χ3v) is 3.04. The van der Waals surface area contributed by atoms with Crippen LogP contribution in [-0.4, -0.2) is 37.1 Å². The largest absolute Gasteiger partial charge is 0.314 e. The molecular formula is C8H16N2. The maximum absolute atomic E-state index is 3.51. The van der Waals surface area contributed by atoms with E-state index in [0.29, 0.717) is 0 Å². The first-order valence-corrected chi connectivity index (χ1v) is 4.26. The topological polar surface area (TPSA) is 15.3 Å². The van der Waals surface area contributed by atoms with Crippen molar-refractivity contribution in [3.05, 3.63) is 0 Å². The Bertz CT molecular complexity index is 133. The quantitative estimate of drug-likeness (QED) is 0.593. The third-order valence-electron chi connectivity index (χ3n) is 3.04. The SMILES string of the molecule is CCNC1CC2C1CN2C. The van der Waals surface area contributed by atoms with E-state index in [1.807, 2.05) is 0 Å². The predicted octanol–water partition coefficient (Wildman–Crippen LogP) is 0.298. The average Bonchev–Trinajstić information content (AvgIpc) is 1.92. The lowest BCUT2D eigenvalue weighted by molar-refractivity contribution is -0.0684. The number of nitrogens with one attached hydrogen (secondary N) is 1. The third kappa shape index (κ3) is 0.722. The highest BCUT2D eigenvalue weighted by Gasteiger charge is 2.50. The fourth-order valence-corrected chi connectivity index (χ4v) is 2.26. The maximum Gasteiger partial charge on any atom is 0.0163 e. The van der Waals surface area contributed by atoms with Crippen LogP contribution in [-0.2, 0) is 0 Å². The molecule has 2 fully saturated rings. The van der Waals surface area contributed by atoms with Crippen LogP contribution in [0.2, 0.25) is 0 Å². The van der Waals surface area contributed by atoms with Gasteiger partial charge >= 0.3 is 0 Å². The lowest BCUT2D eigenvalue weighted by atomic mass is 9.67. The lowest BCUT2D eigenvalue weighted by Crippen LogP contribution is -2.70. The smallest absolute Gasteiger partial charge is 0.0163 e. The minimum absolute atomic E-state index is 0.853. The minimum Gasteiger partial charge on any atom is -0.314 e. The molecule has 1 aliphatic carbocycles. The van der Waals surface area contributed by atoms with Crippen LogP contribution >= 0.6 is 0 Å². The van der Waals surface area contributed by atoms with Gasteiger partial charge in [0.05, 0.1) is 0 Å². The monoisotopic (exact) mass is 140 g/mol. The Hall–Kier alpha value is -0.0800. The van der Waals surface area contributed by atoms with E-state index in [1.54, 1.807) is 0 Å². The summed E-state index contributed by atoms with van der Waals surface area (Å²) in [5.41, 5.74) is 0. The van der Waals surface area contributed by atoms with Crippen molar-refractivity contribution in [3.8, 4) is 0 Å². The van der Waals surface area contributed by atoms with Gasteiger partial charge in [0, 0.05) is 24.5 Å². The number of hydrogen-bond donors (Lipinski definition) is 1. The molecule has 2 heteroatoms. The summed E-state index contributed by atoms with van der Waals surface area (Å²) >= 11 is 0. The molecule has 0 bridgehead atoms. The molecule has 3 unspecified atom stereocenters. The highest BCUT2D eigenvalue weighted by atomic mass is 15.2. The van der Waals surface area contributed by atoms with Gasteiger partial charge in [-0.1, -0.05) is 6.92 Å². The molecule has 0 aromatic heterocycles. The molecule has 0 aromatic rings. The van der Waals surface area contributed by atoms with Crippen LogP contribution in [0.4, 0.5) is 0 Å². The molecular weight excluding hydrogens is 124 g/mol. The van der Waals surface area contributed by atoms with Crippen LogP contribution < -0.4 is 5.32 Å². The first-order valence-electron chi connectivity index (χ1n) is 4.26. The van der Waals surface area contributed by atoms with E-state index in [0.717, 1.165) is 24.5 Å². The van der Waals surface area contributed by atoms with Gasteiger partial charge in [0.1, 0.15) is 0 Å². The second-order valence-corrected chi connectivity index (χ2v) is 3.57. The Kier molecular flexibility index (Phi) is 1.46. The second-order valence-electron chi connectivity index (χ2n) is 3.57. The molecule has 0 radical (unpaired) electrons. The van der Waals surface area contributed by atoms with Crippen molar-refractivity contribution in [2.45, 2.75) is 25.4 Å². The Balaban J connectivity index is 1.78. The van der Waals surface area contributed by atoms with Crippen molar-refractivity contribution in [3.63, 3.8) is 0 Å². The second kappa shape index (κ2) is 2.21. The van der Waals surface area contributed by atoms with Crippen LogP contribution in [0.1, 0.15) is 13.3 Å². The van der Waals surface area contributed by atoms with E-state index >= 15 is 0 Å². The van der Waals surface area contributed by atoms with E-state index in [2.05, 4.69) is 24.2 Å². The van der Waals surface area contributed by atoms with E-state index in [4.69, 9.17) is 0 Å². The summed E-state index contributed by atoms with van der Waals surface area (Å²) in [6.45, 7) is 4.65. The fourth-order valence-electron chi connectivity index (χ4n) is 2.26. The van der Waals surface area contributed by atoms with Crippen molar-refractivity contribution in [1.82, 2.24) is 10.2 Å². The zero-order valence-electron chi connectivity index (χ0n) is 6.80. The first-order chi connectivity index (χ1) is 4.83. The van der Waals surface area contributed by atoms with Crippen molar-refractivity contribution in [2.75, 3.05) is 20.1 Å². The van der Waals surface area contributed by atoms with Crippen molar-refractivity contribution in [2.24, 2.45) is 5.92 Å².